The van der Waals surface area contributed by atoms with Gasteiger partial charge in [-0.3, -0.25) is 0 Å². The van der Waals surface area contributed by atoms with Crippen LogP contribution in [0.5, 0.6) is 0 Å². The minimum absolute atomic E-state index is 0.121. The van der Waals surface area contributed by atoms with Crippen LogP contribution in [-0.4, -0.2) is 12.5 Å². The van der Waals surface area contributed by atoms with Gasteiger partial charge in [-0.25, -0.2) is 4.39 Å². The molecule has 0 aliphatic rings. The molecule has 1 rings (SSSR count). The van der Waals surface area contributed by atoms with E-state index in [2.05, 4.69) is 0 Å². The van der Waals surface area contributed by atoms with Crippen molar-refractivity contribution in [1.82, 2.24) is 0 Å². The van der Waals surface area contributed by atoms with E-state index in [1.54, 1.807) is 17.8 Å². The van der Waals surface area contributed by atoms with E-state index < -0.39 is 0 Å². The molecule has 0 N–H and O–H groups in total. The van der Waals surface area contributed by atoms with Gasteiger partial charge in [0.2, 0.25) is 0 Å². The molecule has 1 aromatic rings. The SMILES string of the molecule is CSc1ccc(SC)c(F)c1. The summed E-state index contributed by atoms with van der Waals surface area (Å²) in [4.78, 5) is 1.68. The number of hydrogen-bond acceptors (Lipinski definition) is 2. The van der Waals surface area contributed by atoms with Crippen LogP contribution in [0.3, 0.4) is 0 Å². The second-order valence-corrected chi connectivity index (χ2v) is 3.73. The fourth-order valence-corrected chi connectivity index (χ4v) is 1.66. The van der Waals surface area contributed by atoms with Crippen molar-refractivity contribution in [3.63, 3.8) is 0 Å². The molecule has 0 saturated heterocycles. The maximum atomic E-state index is 13.0. The molecule has 0 aliphatic heterocycles. The molecule has 0 heterocycles. The second kappa shape index (κ2) is 4.02. The molecule has 0 nitrogen and oxygen atoms in total. The largest absolute Gasteiger partial charge is 0.206 e. The van der Waals surface area contributed by atoms with E-state index in [0.717, 1.165) is 4.90 Å². The summed E-state index contributed by atoms with van der Waals surface area (Å²) in [5, 5.41) is 0. The van der Waals surface area contributed by atoms with Crippen LogP contribution in [0.4, 0.5) is 4.39 Å². The Labute approximate surface area is 74.6 Å². The van der Waals surface area contributed by atoms with Gasteiger partial charge in [0.1, 0.15) is 5.82 Å². The number of thioether (sulfide) groups is 2. The molecular weight excluding hydrogens is 179 g/mol. The Kier molecular flexibility index (Phi) is 3.27. The highest BCUT2D eigenvalue weighted by Crippen LogP contribution is 2.23. The molecule has 3 heteroatoms. The van der Waals surface area contributed by atoms with E-state index >= 15 is 0 Å². The maximum Gasteiger partial charge on any atom is 0.137 e. The Morgan fingerprint density at radius 3 is 2.36 bits per heavy atom. The van der Waals surface area contributed by atoms with Gasteiger partial charge in [0.15, 0.2) is 0 Å². The van der Waals surface area contributed by atoms with Crippen molar-refractivity contribution in [3.8, 4) is 0 Å². The van der Waals surface area contributed by atoms with Crippen LogP contribution in [0.25, 0.3) is 0 Å². The lowest BCUT2D eigenvalue weighted by atomic mass is 10.3. The van der Waals surface area contributed by atoms with Gasteiger partial charge in [-0.2, -0.15) is 0 Å². The molecule has 0 amide bonds. The zero-order chi connectivity index (χ0) is 8.27. The molecule has 0 spiro atoms. The molecule has 0 atom stereocenters. The topological polar surface area (TPSA) is 0 Å². The molecule has 0 aromatic heterocycles. The van der Waals surface area contributed by atoms with Crippen LogP contribution in [-0.2, 0) is 0 Å². The lowest BCUT2D eigenvalue weighted by molar-refractivity contribution is 0.598. The van der Waals surface area contributed by atoms with E-state index in [4.69, 9.17) is 0 Å². The second-order valence-electron chi connectivity index (χ2n) is 2.00. The molecule has 0 radical (unpaired) electrons. The van der Waals surface area contributed by atoms with Gasteiger partial charge in [-0.1, -0.05) is 0 Å². The minimum Gasteiger partial charge on any atom is -0.206 e. The summed E-state index contributed by atoms with van der Waals surface area (Å²) in [6, 6.07) is 5.31. The van der Waals surface area contributed by atoms with Crippen LogP contribution in [0.2, 0.25) is 0 Å². The van der Waals surface area contributed by atoms with E-state index in [0.29, 0.717) is 4.90 Å². The van der Waals surface area contributed by atoms with E-state index in [1.165, 1.54) is 11.8 Å². The van der Waals surface area contributed by atoms with Gasteiger partial charge in [-0.15, -0.1) is 23.5 Å². The van der Waals surface area contributed by atoms with Crippen molar-refractivity contribution in [2.24, 2.45) is 0 Å². The van der Waals surface area contributed by atoms with Crippen molar-refractivity contribution in [2.45, 2.75) is 9.79 Å². The molecule has 0 saturated carbocycles. The Hall–Kier alpha value is -0.150. The molecule has 0 unspecified atom stereocenters. The fourth-order valence-electron chi connectivity index (χ4n) is 0.774. The summed E-state index contributed by atoms with van der Waals surface area (Å²) < 4.78 is 13.0. The molecule has 0 fully saturated rings. The summed E-state index contributed by atoms with van der Waals surface area (Å²) in [6.45, 7) is 0. The van der Waals surface area contributed by atoms with E-state index in [1.807, 2.05) is 24.6 Å². The summed E-state index contributed by atoms with van der Waals surface area (Å²) in [5.74, 6) is -0.121. The fraction of sp³-hybridized carbons (Fsp3) is 0.250. The van der Waals surface area contributed by atoms with Gasteiger partial charge in [0.25, 0.3) is 0 Å². The van der Waals surface area contributed by atoms with Crippen LogP contribution in [0.1, 0.15) is 0 Å². The van der Waals surface area contributed by atoms with Gasteiger partial charge >= 0.3 is 0 Å². The van der Waals surface area contributed by atoms with Crippen molar-refractivity contribution in [2.75, 3.05) is 12.5 Å². The first-order valence-electron chi connectivity index (χ1n) is 3.15. The summed E-state index contributed by atoms with van der Waals surface area (Å²) >= 11 is 2.98. The monoisotopic (exact) mass is 188 g/mol. The van der Waals surface area contributed by atoms with Crippen LogP contribution >= 0.6 is 23.5 Å². The molecule has 11 heavy (non-hydrogen) atoms. The van der Waals surface area contributed by atoms with Crippen molar-refractivity contribution in [1.29, 1.82) is 0 Å². The van der Waals surface area contributed by atoms with Gasteiger partial charge in [0.05, 0.1) is 0 Å². The van der Waals surface area contributed by atoms with Gasteiger partial charge < -0.3 is 0 Å². The first-order chi connectivity index (χ1) is 5.27. The van der Waals surface area contributed by atoms with Crippen molar-refractivity contribution >= 4 is 23.5 Å². The normalized spacial score (nSPS) is 10.1. The van der Waals surface area contributed by atoms with E-state index in [-0.39, 0.29) is 5.82 Å². The number of rotatable bonds is 2. The highest BCUT2D eigenvalue weighted by molar-refractivity contribution is 7.99. The number of benzene rings is 1. The Morgan fingerprint density at radius 2 is 1.91 bits per heavy atom. The minimum atomic E-state index is -0.121. The highest BCUT2D eigenvalue weighted by Gasteiger charge is 2.00. The maximum absolute atomic E-state index is 13.0. The molecule has 0 aliphatic carbocycles. The molecule has 60 valence electrons. The molecule has 0 bridgehead atoms. The predicted molar refractivity (Wildman–Crippen MR) is 50.0 cm³/mol. The zero-order valence-corrected chi connectivity index (χ0v) is 8.06. The summed E-state index contributed by atoms with van der Waals surface area (Å²) in [6.07, 6.45) is 3.81. The van der Waals surface area contributed by atoms with E-state index in [9.17, 15) is 4.39 Å². The zero-order valence-electron chi connectivity index (χ0n) is 6.43. The Balaban J connectivity index is 2.99. The average molecular weight is 188 g/mol. The number of halogens is 1. The smallest absolute Gasteiger partial charge is 0.137 e. The van der Waals surface area contributed by atoms with Gasteiger partial charge in [-0.05, 0) is 30.7 Å². The standard InChI is InChI=1S/C8H9FS2/c1-10-6-3-4-8(11-2)7(9)5-6/h3-5H,1-2H3. The molecular formula is C8H9FS2. The van der Waals surface area contributed by atoms with Crippen molar-refractivity contribution < 1.29 is 4.39 Å². The highest BCUT2D eigenvalue weighted by atomic mass is 32.2. The van der Waals surface area contributed by atoms with Gasteiger partial charge in [0, 0.05) is 9.79 Å². The Bertz CT molecular complexity index is 248. The predicted octanol–water partition coefficient (Wildman–Crippen LogP) is 3.27. The third-order valence-corrected chi connectivity index (χ3v) is 2.86. The third-order valence-electron chi connectivity index (χ3n) is 1.36. The quantitative estimate of drug-likeness (QED) is 0.653. The van der Waals surface area contributed by atoms with Crippen molar-refractivity contribution in [3.05, 3.63) is 24.0 Å². The first kappa shape index (κ1) is 8.94. The van der Waals surface area contributed by atoms with Crippen LogP contribution in [0, 0.1) is 5.82 Å². The summed E-state index contributed by atoms with van der Waals surface area (Å²) in [5.41, 5.74) is 0. The summed E-state index contributed by atoms with van der Waals surface area (Å²) in [7, 11) is 0. The lowest BCUT2D eigenvalue weighted by Crippen LogP contribution is -1.80. The van der Waals surface area contributed by atoms with Crippen LogP contribution < -0.4 is 0 Å². The Morgan fingerprint density at radius 1 is 1.18 bits per heavy atom. The first-order valence-corrected chi connectivity index (χ1v) is 5.60. The average Bonchev–Trinajstić information content (AvgIpc) is 2.04. The lowest BCUT2D eigenvalue weighted by Gasteiger charge is -2.00. The number of hydrogen-bond donors (Lipinski definition) is 0. The van der Waals surface area contributed by atoms with Crippen LogP contribution in [0.15, 0.2) is 28.0 Å². The molecule has 1 aromatic carbocycles. The third kappa shape index (κ3) is 2.14.